The zero-order chi connectivity index (χ0) is 19.2. The second-order valence-corrected chi connectivity index (χ2v) is 7.47. The maximum absolute atomic E-state index is 12.3. The molecule has 1 aliphatic rings. The number of nitrogens with zero attached hydrogens (tertiary/aromatic N) is 1. The molecule has 2 aromatic carbocycles. The van der Waals surface area contributed by atoms with Gasteiger partial charge in [-0.05, 0) is 68.6 Å². The van der Waals surface area contributed by atoms with Crippen LogP contribution in [0.2, 0.25) is 5.02 Å². The fourth-order valence-electron chi connectivity index (χ4n) is 3.60. The first kappa shape index (κ1) is 19.6. The van der Waals surface area contributed by atoms with E-state index in [-0.39, 0.29) is 11.7 Å². The van der Waals surface area contributed by atoms with E-state index in [1.807, 2.05) is 18.2 Å². The lowest BCUT2D eigenvalue weighted by Gasteiger charge is -2.24. The molecule has 4 nitrogen and oxygen atoms in total. The zero-order valence-electron chi connectivity index (χ0n) is 15.6. The molecule has 2 aromatic rings. The van der Waals surface area contributed by atoms with Crippen LogP contribution in [0.4, 0.5) is 5.69 Å². The van der Waals surface area contributed by atoms with E-state index in [0.717, 1.165) is 43.1 Å². The zero-order valence-corrected chi connectivity index (χ0v) is 16.3. The molecule has 0 aromatic heterocycles. The van der Waals surface area contributed by atoms with E-state index in [4.69, 9.17) is 11.6 Å². The summed E-state index contributed by atoms with van der Waals surface area (Å²) in [7, 11) is 0. The van der Waals surface area contributed by atoms with Crippen LogP contribution in [0.15, 0.2) is 48.5 Å². The number of rotatable bonds is 7. The van der Waals surface area contributed by atoms with E-state index < -0.39 is 0 Å². The van der Waals surface area contributed by atoms with E-state index in [9.17, 15) is 9.59 Å². The van der Waals surface area contributed by atoms with Crippen LogP contribution in [0.3, 0.4) is 0 Å². The Morgan fingerprint density at radius 3 is 2.59 bits per heavy atom. The summed E-state index contributed by atoms with van der Waals surface area (Å²) in [4.78, 5) is 26.0. The van der Waals surface area contributed by atoms with Gasteiger partial charge in [0.05, 0.1) is 0 Å². The Morgan fingerprint density at radius 1 is 1.15 bits per heavy atom. The van der Waals surface area contributed by atoms with Gasteiger partial charge >= 0.3 is 0 Å². The number of Topliss-reactive ketones (excluding diaryl/α,β-unsaturated/α-hetero) is 1. The fourth-order valence-corrected chi connectivity index (χ4v) is 3.81. The normalized spacial score (nSPS) is 17.0. The standard InChI is InChI=1S/C22H25ClN2O2/c1-16(26)17-8-10-19(11-9-17)24-22(27)12-14-25-13-4-6-20(25)15-18-5-2-3-7-21(18)23/h2-3,5,7-11,20H,4,6,12-15H2,1H3,(H,24,27). The van der Waals surface area contributed by atoms with Gasteiger partial charge in [0.1, 0.15) is 0 Å². The quantitative estimate of drug-likeness (QED) is 0.711. The number of carbonyl (C=O) groups excluding carboxylic acids is 2. The first-order valence-electron chi connectivity index (χ1n) is 9.41. The van der Waals surface area contributed by atoms with Crippen molar-refractivity contribution in [1.29, 1.82) is 0 Å². The summed E-state index contributed by atoms with van der Waals surface area (Å²) >= 11 is 6.30. The van der Waals surface area contributed by atoms with Crippen molar-refractivity contribution >= 4 is 29.0 Å². The Labute approximate surface area is 165 Å². The highest BCUT2D eigenvalue weighted by Gasteiger charge is 2.25. The third kappa shape index (κ3) is 5.41. The smallest absolute Gasteiger partial charge is 0.225 e. The SMILES string of the molecule is CC(=O)c1ccc(NC(=O)CCN2CCCC2Cc2ccccc2Cl)cc1. The summed E-state index contributed by atoms with van der Waals surface area (Å²) < 4.78 is 0. The van der Waals surface area contributed by atoms with Gasteiger partial charge in [-0.15, -0.1) is 0 Å². The Hall–Kier alpha value is -2.17. The number of amides is 1. The predicted molar refractivity (Wildman–Crippen MR) is 109 cm³/mol. The van der Waals surface area contributed by atoms with Gasteiger partial charge in [-0.2, -0.15) is 0 Å². The summed E-state index contributed by atoms with van der Waals surface area (Å²) in [6, 6.07) is 15.4. The molecular weight excluding hydrogens is 360 g/mol. The highest BCUT2D eigenvalue weighted by molar-refractivity contribution is 6.31. The molecule has 1 heterocycles. The van der Waals surface area contributed by atoms with Crippen LogP contribution < -0.4 is 5.32 Å². The van der Waals surface area contributed by atoms with Crippen LogP contribution in [-0.2, 0) is 11.2 Å². The third-order valence-corrected chi connectivity index (χ3v) is 5.48. The van der Waals surface area contributed by atoms with Crippen molar-refractivity contribution in [3.05, 3.63) is 64.7 Å². The number of carbonyl (C=O) groups is 2. The number of anilines is 1. The lowest BCUT2D eigenvalue weighted by atomic mass is 10.0. The fraction of sp³-hybridized carbons (Fsp3) is 0.364. The van der Waals surface area contributed by atoms with Gasteiger partial charge in [0.25, 0.3) is 0 Å². The number of hydrogen-bond acceptors (Lipinski definition) is 3. The molecule has 27 heavy (non-hydrogen) atoms. The Bertz CT molecular complexity index is 804. The molecule has 0 radical (unpaired) electrons. The van der Waals surface area contributed by atoms with Gasteiger partial charge in [-0.25, -0.2) is 0 Å². The number of halogens is 1. The minimum absolute atomic E-state index is 0.00558. The molecule has 142 valence electrons. The molecule has 0 bridgehead atoms. The molecule has 1 saturated heterocycles. The van der Waals surface area contributed by atoms with Gasteiger partial charge in [0.2, 0.25) is 5.91 Å². The lowest BCUT2D eigenvalue weighted by Crippen LogP contribution is -2.33. The van der Waals surface area contributed by atoms with Gasteiger partial charge in [-0.3, -0.25) is 14.5 Å². The molecule has 3 rings (SSSR count). The van der Waals surface area contributed by atoms with Crippen molar-refractivity contribution in [3.63, 3.8) is 0 Å². The van der Waals surface area contributed by atoms with Crippen molar-refractivity contribution in [2.45, 2.75) is 38.6 Å². The van der Waals surface area contributed by atoms with E-state index in [1.54, 1.807) is 24.3 Å². The highest BCUT2D eigenvalue weighted by atomic mass is 35.5. The molecule has 0 aliphatic carbocycles. The number of likely N-dealkylation sites (tertiary alicyclic amines) is 1. The number of nitrogens with one attached hydrogen (secondary N) is 1. The van der Waals surface area contributed by atoms with E-state index in [0.29, 0.717) is 18.0 Å². The molecule has 5 heteroatoms. The maximum Gasteiger partial charge on any atom is 0.225 e. The van der Waals surface area contributed by atoms with Crippen LogP contribution >= 0.6 is 11.6 Å². The number of benzene rings is 2. The minimum atomic E-state index is -0.00558. The molecule has 1 aliphatic heterocycles. The van der Waals surface area contributed by atoms with Crippen molar-refractivity contribution in [3.8, 4) is 0 Å². The summed E-state index contributed by atoms with van der Waals surface area (Å²) in [6.45, 7) is 3.30. The van der Waals surface area contributed by atoms with Gasteiger partial charge in [0.15, 0.2) is 5.78 Å². The summed E-state index contributed by atoms with van der Waals surface area (Å²) in [5.74, 6) is 0.0143. The van der Waals surface area contributed by atoms with Crippen LogP contribution in [-0.4, -0.2) is 35.7 Å². The lowest BCUT2D eigenvalue weighted by molar-refractivity contribution is -0.116. The van der Waals surface area contributed by atoms with E-state index in [2.05, 4.69) is 16.3 Å². The van der Waals surface area contributed by atoms with Crippen molar-refractivity contribution in [2.24, 2.45) is 0 Å². The molecule has 0 saturated carbocycles. The van der Waals surface area contributed by atoms with Crippen molar-refractivity contribution < 1.29 is 9.59 Å². The highest BCUT2D eigenvalue weighted by Crippen LogP contribution is 2.25. The summed E-state index contributed by atoms with van der Waals surface area (Å²) in [5.41, 5.74) is 2.54. The van der Waals surface area contributed by atoms with E-state index in [1.165, 1.54) is 12.5 Å². The first-order chi connectivity index (χ1) is 13.0. The average molecular weight is 385 g/mol. The second kappa shape index (κ2) is 9.16. The van der Waals surface area contributed by atoms with Gasteiger partial charge < -0.3 is 5.32 Å². The Morgan fingerprint density at radius 2 is 1.89 bits per heavy atom. The topological polar surface area (TPSA) is 49.4 Å². The van der Waals surface area contributed by atoms with Crippen molar-refractivity contribution in [2.75, 3.05) is 18.4 Å². The monoisotopic (exact) mass is 384 g/mol. The predicted octanol–water partition coefficient (Wildman–Crippen LogP) is 4.58. The largest absolute Gasteiger partial charge is 0.326 e. The van der Waals surface area contributed by atoms with E-state index >= 15 is 0 Å². The van der Waals surface area contributed by atoms with Crippen LogP contribution in [0.25, 0.3) is 0 Å². The average Bonchev–Trinajstić information content (AvgIpc) is 3.09. The van der Waals surface area contributed by atoms with Crippen LogP contribution in [0.5, 0.6) is 0 Å². The molecular formula is C22H25ClN2O2. The summed E-state index contributed by atoms with van der Waals surface area (Å²) in [6.07, 6.45) is 3.67. The molecule has 1 N–H and O–H groups in total. The molecule has 1 unspecified atom stereocenters. The first-order valence-corrected chi connectivity index (χ1v) is 9.79. The Kier molecular flexibility index (Phi) is 6.64. The molecule has 1 atom stereocenters. The van der Waals surface area contributed by atoms with Crippen molar-refractivity contribution in [1.82, 2.24) is 4.90 Å². The third-order valence-electron chi connectivity index (χ3n) is 5.11. The minimum Gasteiger partial charge on any atom is -0.326 e. The molecule has 1 amide bonds. The molecule has 1 fully saturated rings. The maximum atomic E-state index is 12.3. The Balaban J connectivity index is 1.50. The van der Waals surface area contributed by atoms with Crippen LogP contribution in [0, 0.1) is 0 Å². The van der Waals surface area contributed by atoms with Crippen LogP contribution in [0.1, 0.15) is 42.1 Å². The molecule has 0 spiro atoms. The number of hydrogen-bond donors (Lipinski definition) is 1. The van der Waals surface area contributed by atoms with Gasteiger partial charge in [0, 0.05) is 35.3 Å². The van der Waals surface area contributed by atoms with Gasteiger partial charge in [-0.1, -0.05) is 29.8 Å². The summed E-state index contributed by atoms with van der Waals surface area (Å²) in [5, 5.41) is 3.72. The number of ketones is 1. The second-order valence-electron chi connectivity index (χ2n) is 7.06.